The molecule has 0 radical (unpaired) electrons. The van der Waals surface area contributed by atoms with Crippen LogP contribution in [0.25, 0.3) is 0 Å². The fraction of sp³-hybridized carbons (Fsp3) is 0.600. The van der Waals surface area contributed by atoms with E-state index in [1.807, 2.05) is 13.8 Å². The van der Waals surface area contributed by atoms with Gasteiger partial charge in [-0.1, -0.05) is 13.8 Å². The Labute approximate surface area is 124 Å². The zero-order valence-corrected chi connectivity index (χ0v) is 12.5. The van der Waals surface area contributed by atoms with E-state index in [9.17, 15) is 20.4 Å². The molecule has 5 N–H and O–H groups in total. The first-order valence-corrected chi connectivity index (χ1v) is 7.17. The number of benzene rings is 1. The highest BCUT2D eigenvalue weighted by Crippen LogP contribution is 2.46. The fourth-order valence-corrected chi connectivity index (χ4v) is 2.98. The first kappa shape index (κ1) is 15.9. The highest BCUT2D eigenvalue weighted by molar-refractivity contribution is 5.51. The van der Waals surface area contributed by atoms with Crippen molar-refractivity contribution in [1.29, 1.82) is 0 Å². The summed E-state index contributed by atoms with van der Waals surface area (Å²) in [7, 11) is 0. The van der Waals surface area contributed by atoms with E-state index in [2.05, 4.69) is 10.2 Å². The quantitative estimate of drug-likeness (QED) is 0.563. The molecule has 21 heavy (non-hydrogen) atoms. The van der Waals surface area contributed by atoms with Gasteiger partial charge in [-0.2, -0.15) is 0 Å². The van der Waals surface area contributed by atoms with Gasteiger partial charge in [0.05, 0.1) is 5.56 Å². The van der Waals surface area contributed by atoms with Gasteiger partial charge in [-0.3, -0.25) is 4.90 Å². The Bertz CT molecular complexity index is 475. The molecule has 1 aromatic rings. The minimum absolute atomic E-state index is 0.0820. The molecule has 1 aliphatic rings. The van der Waals surface area contributed by atoms with Crippen molar-refractivity contribution < 1.29 is 20.4 Å². The summed E-state index contributed by atoms with van der Waals surface area (Å²) in [5.74, 6) is -0.496. The van der Waals surface area contributed by atoms with Crippen LogP contribution in [0.1, 0.15) is 25.5 Å². The molecule has 118 valence electrons. The molecule has 0 saturated carbocycles. The normalized spacial score (nSPS) is 18.6. The van der Waals surface area contributed by atoms with Crippen LogP contribution in [0.2, 0.25) is 0 Å². The van der Waals surface area contributed by atoms with Crippen molar-refractivity contribution >= 4 is 0 Å². The average Bonchev–Trinajstić information content (AvgIpc) is 2.43. The van der Waals surface area contributed by atoms with Crippen molar-refractivity contribution in [1.82, 2.24) is 10.2 Å². The molecule has 6 nitrogen and oxygen atoms in total. The molecule has 0 aromatic heterocycles. The van der Waals surface area contributed by atoms with Crippen molar-refractivity contribution in [2.45, 2.75) is 19.9 Å². The number of hydrogen-bond donors (Lipinski definition) is 5. The lowest BCUT2D eigenvalue weighted by Crippen LogP contribution is -2.49. The summed E-state index contributed by atoms with van der Waals surface area (Å²) in [5, 5.41) is 42.9. The molecule has 0 unspecified atom stereocenters. The summed E-state index contributed by atoms with van der Waals surface area (Å²) in [5.41, 5.74) is -0.197. The predicted molar refractivity (Wildman–Crippen MR) is 79.5 cm³/mol. The first-order chi connectivity index (χ1) is 9.86. The Morgan fingerprint density at radius 1 is 1.14 bits per heavy atom. The molecular weight excluding hydrogens is 272 g/mol. The van der Waals surface area contributed by atoms with E-state index in [0.717, 1.165) is 26.2 Å². The number of aromatic hydroxyl groups is 3. The van der Waals surface area contributed by atoms with Gasteiger partial charge >= 0.3 is 0 Å². The maximum Gasteiger partial charge on any atom is 0.127 e. The second kappa shape index (κ2) is 6.09. The van der Waals surface area contributed by atoms with Crippen molar-refractivity contribution in [3.05, 3.63) is 17.7 Å². The lowest BCUT2D eigenvalue weighted by atomic mass is 9.79. The van der Waals surface area contributed by atoms with E-state index >= 15 is 0 Å². The van der Waals surface area contributed by atoms with Crippen LogP contribution in [0.15, 0.2) is 12.1 Å². The number of aliphatic hydroxyl groups is 1. The van der Waals surface area contributed by atoms with Crippen molar-refractivity contribution in [3.63, 3.8) is 0 Å². The minimum Gasteiger partial charge on any atom is -0.508 e. The Kier molecular flexibility index (Phi) is 4.61. The van der Waals surface area contributed by atoms with E-state index in [0.29, 0.717) is 5.56 Å². The Hall–Kier alpha value is -1.50. The third-order valence-corrected chi connectivity index (χ3v) is 4.06. The number of nitrogens with one attached hydrogen (secondary N) is 1. The number of aliphatic hydroxyl groups excluding tert-OH is 1. The van der Waals surface area contributed by atoms with Crippen molar-refractivity contribution in [3.8, 4) is 17.2 Å². The lowest BCUT2D eigenvalue weighted by molar-refractivity contribution is 0.0280. The summed E-state index contributed by atoms with van der Waals surface area (Å²) in [6.45, 7) is 6.86. The van der Waals surface area contributed by atoms with E-state index in [4.69, 9.17) is 0 Å². The molecule has 1 atom stereocenters. The number of piperazine rings is 1. The van der Waals surface area contributed by atoms with Gasteiger partial charge in [0.2, 0.25) is 0 Å². The second-order valence-corrected chi connectivity index (χ2v) is 6.23. The monoisotopic (exact) mass is 296 g/mol. The van der Waals surface area contributed by atoms with Crippen LogP contribution >= 0.6 is 0 Å². The number of phenols is 3. The zero-order valence-electron chi connectivity index (χ0n) is 12.5. The van der Waals surface area contributed by atoms with Gasteiger partial charge in [0.1, 0.15) is 17.2 Å². The molecule has 1 fully saturated rings. The summed E-state index contributed by atoms with van der Waals surface area (Å²) >= 11 is 0. The summed E-state index contributed by atoms with van der Waals surface area (Å²) in [4.78, 5) is 2.14. The van der Waals surface area contributed by atoms with E-state index in [1.165, 1.54) is 12.1 Å². The summed E-state index contributed by atoms with van der Waals surface area (Å²) < 4.78 is 0. The van der Waals surface area contributed by atoms with Gasteiger partial charge in [-0.25, -0.2) is 0 Å². The summed E-state index contributed by atoms with van der Waals surface area (Å²) in [6, 6.07) is 2.10. The molecule has 0 bridgehead atoms. The molecule has 0 spiro atoms. The van der Waals surface area contributed by atoms with Crippen LogP contribution in [-0.2, 0) is 0 Å². The van der Waals surface area contributed by atoms with E-state index in [1.54, 1.807) is 0 Å². The third-order valence-electron chi connectivity index (χ3n) is 4.06. The Morgan fingerprint density at radius 2 is 1.67 bits per heavy atom. The van der Waals surface area contributed by atoms with Crippen LogP contribution in [0.5, 0.6) is 17.2 Å². The maximum atomic E-state index is 10.2. The highest BCUT2D eigenvalue weighted by atomic mass is 16.3. The van der Waals surface area contributed by atoms with Gasteiger partial charge in [-0.15, -0.1) is 0 Å². The number of phenolic OH excluding ortho intramolecular Hbond substituents is 3. The van der Waals surface area contributed by atoms with E-state index in [-0.39, 0.29) is 29.9 Å². The van der Waals surface area contributed by atoms with Gasteiger partial charge in [0, 0.05) is 56.4 Å². The largest absolute Gasteiger partial charge is 0.508 e. The lowest BCUT2D eigenvalue weighted by Gasteiger charge is -2.43. The van der Waals surface area contributed by atoms with E-state index < -0.39 is 5.41 Å². The second-order valence-electron chi connectivity index (χ2n) is 6.23. The molecule has 6 heteroatoms. The molecule has 2 rings (SSSR count). The maximum absolute atomic E-state index is 10.2. The van der Waals surface area contributed by atoms with Crippen LogP contribution in [-0.4, -0.2) is 58.1 Å². The average molecular weight is 296 g/mol. The third kappa shape index (κ3) is 3.23. The van der Waals surface area contributed by atoms with Gasteiger partial charge < -0.3 is 25.7 Å². The molecule has 0 aliphatic carbocycles. The number of rotatable bonds is 4. The summed E-state index contributed by atoms with van der Waals surface area (Å²) in [6.07, 6.45) is 0. The SMILES string of the molecule is CC(C)(CO)[C@@H](c1c(O)cc(O)cc1O)N1CCNCC1. The molecule has 1 aliphatic heterocycles. The minimum atomic E-state index is -0.552. The topological polar surface area (TPSA) is 96.2 Å². The van der Waals surface area contributed by atoms with Gasteiger partial charge in [0.15, 0.2) is 0 Å². The molecule has 1 aromatic carbocycles. The number of hydrogen-bond acceptors (Lipinski definition) is 6. The molecule has 0 amide bonds. The van der Waals surface area contributed by atoms with Crippen molar-refractivity contribution in [2.75, 3.05) is 32.8 Å². The zero-order chi connectivity index (χ0) is 15.6. The van der Waals surface area contributed by atoms with Crippen LogP contribution < -0.4 is 5.32 Å². The Balaban J connectivity index is 2.49. The van der Waals surface area contributed by atoms with Gasteiger partial charge in [0.25, 0.3) is 0 Å². The molecule has 1 heterocycles. The number of nitrogens with zero attached hydrogens (tertiary/aromatic N) is 1. The smallest absolute Gasteiger partial charge is 0.127 e. The molecule has 1 saturated heterocycles. The Morgan fingerprint density at radius 3 is 2.14 bits per heavy atom. The fourth-order valence-electron chi connectivity index (χ4n) is 2.98. The van der Waals surface area contributed by atoms with Crippen LogP contribution in [0.4, 0.5) is 0 Å². The highest BCUT2D eigenvalue weighted by Gasteiger charge is 2.38. The van der Waals surface area contributed by atoms with Crippen LogP contribution in [0, 0.1) is 5.41 Å². The van der Waals surface area contributed by atoms with Gasteiger partial charge in [-0.05, 0) is 0 Å². The predicted octanol–water partition coefficient (Wildman–Crippen LogP) is 0.768. The first-order valence-electron chi connectivity index (χ1n) is 7.17. The van der Waals surface area contributed by atoms with Crippen molar-refractivity contribution in [2.24, 2.45) is 5.41 Å². The standard InChI is InChI=1S/C15H24N2O4/c1-15(2,9-18)14(17-5-3-16-4-6-17)13-11(20)7-10(19)8-12(13)21/h7-8,14,16,18-21H,3-6,9H2,1-2H3/t14-/m1/s1. The molecular formula is C15H24N2O4. The van der Waals surface area contributed by atoms with Crippen LogP contribution in [0.3, 0.4) is 0 Å².